The molecule has 0 fully saturated rings. The molecule has 31 heavy (non-hydrogen) atoms. The predicted octanol–water partition coefficient (Wildman–Crippen LogP) is -0.716. The number of aliphatic hydroxyl groups excluding tert-OH is 2. The number of hydrogen-bond acceptors (Lipinski definition) is 11. The molecule has 0 amide bonds. The summed E-state index contributed by atoms with van der Waals surface area (Å²) in [6, 6.07) is 4.13. The lowest BCUT2D eigenvalue weighted by Gasteiger charge is -2.15. The number of tetrazole rings is 1. The Balaban J connectivity index is 2.04. The van der Waals surface area contributed by atoms with Crippen LogP contribution in [-0.4, -0.2) is 66.3 Å². The van der Waals surface area contributed by atoms with Crippen LogP contribution in [0.25, 0.3) is 5.69 Å². The number of aromatic nitrogens is 6. The fourth-order valence-electron chi connectivity index (χ4n) is 2.46. The SMILES string of the molecule is CNc1nc(Nc2cc(-n3nnn(C)c3=O)c(OCC(O)CO)cc2F)ncc1C#N. The monoisotopic (exact) mass is 431 g/mol. The van der Waals surface area contributed by atoms with Gasteiger partial charge in [-0.15, -0.1) is 0 Å². The van der Waals surface area contributed by atoms with Crippen LogP contribution in [0.15, 0.2) is 23.1 Å². The van der Waals surface area contributed by atoms with Crippen molar-refractivity contribution in [1.82, 2.24) is 29.8 Å². The van der Waals surface area contributed by atoms with E-state index in [0.717, 1.165) is 15.4 Å². The summed E-state index contributed by atoms with van der Waals surface area (Å²) in [7, 11) is 2.95. The van der Waals surface area contributed by atoms with Gasteiger partial charge in [-0.3, -0.25) is 0 Å². The number of nitriles is 1. The molecule has 0 saturated carbocycles. The molecule has 3 aromatic rings. The number of nitrogens with zero attached hydrogens (tertiary/aromatic N) is 7. The smallest absolute Gasteiger partial charge is 0.368 e. The third kappa shape index (κ3) is 4.57. The summed E-state index contributed by atoms with van der Waals surface area (Å²) in [5.41, 5.74) is -0.521. The summed E-state index contributed by atoms with van der Waals surface area (Å²) in [5.74, 6) is -0.671. The van der Waals surface area contributed by atoms with Gasteiger partial charge in [-0.25, -0.2) is 14.2 Å². The quantitative estimate of drug-likeness (QED) is 0.354. The maximum absolute atomic E-state index is 14.8. The number of ether oxygens (including phenoxy) is 1. The van der Waals surface area contributed by atoms with E-state index in [0.29, 0.717) is 0 Å². The zero-order valence-electron chi connectivity index (χ0n) is 16.4. The van der Waals surface area contributed by atoms with E-state index in [2.05, 4.69) is 31.0 Å². The van der Waals surface area contributed by atoms with Crippen LogP contribution in [0.5, 0.6) is 5.75 Å². The fraction of sp³-hybridized carbons (Fsp3) is 0.294. The van der Waals surface area contributed by atoms with Crippen LogP contribution in [0.4, 0.5) is 21.8 Å². The average Bonchev–Trinajstić information content (AvgIpc) is 3.11. The zero-order chi connectivity index (χ0) is 22.5. The van der Waals surface area contributed by atoms with Crippen LogP contribution in [0.1, 0.15) is 5.56 Å². The van der Waals surface area contributed by atoms with Gasteiger partial charge in [0, 0.05) is 20.2 Å². The maximum atomic E-state index is 14.8. The van der Waals surface area contributed by atoms with E-state index in [9.17, 15) is 14.3 Å². The number of hydrogen-bond donors (Lipinski definition) is 4. The number of nitrogens with one attached hydrogen (secondary N) is 2. The number of rotatable bonds is 8. The Morgan fingerprint density at radius 1 is 1.39 bits per heavy atom. The molecule has 162 valence electrons. The van der Waals surface area contributed by atoms with Gasteiger partial charge in [0.15, 0.2) is 5.82 Å². The van der Waals surface area contributed by atoms with Crippen molar-refractivity contribution in [2.75, 3.05) is 30.9 Å². The molecule has 0 saturated heterocycles. The standard InChI is InChI=1S/C17H18FN9O4/c1-20-15-9(5-19)6-21-16(23-15)22-12-4-13(27-17(30)26(2)24-25-27)14(3-11(12)18)31-8-10(29)7-28/h3-4,6,10,28-29H,7-8H2,1-2H3,(H2,20,21,22,23). The molecule has 0 aliphatic carbocycles. The van der Waals surface area contributed by atoms with Gasteiger partial charge in [0.1, 0.15) is 41.6 Å². The van der Waals surface area contributed by atoms with E-state index in [1.165, 1.54) is 19.3 Å². The first kappa shape index (κ1) is 21.6. The van der Waals surface area contributed by atoms with Gasteiger partial charge in [-0.1, -0.05) is 0 Å². The molecule has 2 heterocycles. The van der Waals surface area contributed by atoms with Crippen molar-refractivity contribution in [3.63, 3.8) is 0 Å². The highest BCUT2D eigenvalue weighted by atomic mass is 19.1. The van der Waals surface area contributed by atoms with Crippen LogP contribution in [0, 0.1) is 17.1 Å². The first-order chi connectivity index (χ1) is 14.9. The van der Waals surface area contributed by atoms with Gasteiger partial charge < -0.3 is 25.6 Å². The lowest BCUT2D eigenvalue weighted by molar-refractivity contribution is 0.0534. The van der Waals surface area contributed by atoms with Crippen molar-refractivity contribution in [2.45, 2.75) is 6.10 Å². The maximum Gasteiger partial charge on any atom is 0.368 e. The first-order valence-electron chi connectivity index (χ1n) is 8.84. The fourth-order valence-corrected chi connectivity index (χ4v) is 2.46. The number of aryl methyl sites for hydroxylation is 1. The summed E-state index contributed by atoms with van der Waals surface area (Å²) < 4.78 is 22.0. The molecule has 14 heteroatoms. The molecule has 2 aromatic heterocycles. The highest BCUT2D eigenvalue weighted by molar-refractivity contribution is 5.64. The minimum absolute atomic E-state index is 0.0101. The van der Waals surface area contributed by atoms with Gasteiger partial charge >= 0.3 is 5.69 Å². The molecule has 3 rings (SSSR count). The molecule has 0 bridgehead atoms. The Labute approximate surface area is 174 Å². The average molecular weight is 431 g/mol. The van der Waals surface area contributed by atoms with Crippen LogP contribution in [0.2, 0.25) is 0 Å². The Morgan fingerprint density at radius 3 is 2.77 bits per heavy atom. The molecule has 0 radical (unpaired) electrons. The molecular formula is C17H18FN9O4. The minimum Gasteiger partial charge on any atom is -0.488 e. The zero-order valence-corrected chi connectivity index (χ0v) is 16.4. The number of anilines is 3. The van der Waals surface area contributed by atoms with Gasteiger partial charge in [-0.2, -0.15) is 19.6 Å². The van der Waals surface area contributed by atoms with Crippen molar-refractivity contribution < 1.29 is 19.3 Å². The van der Waals surface area contributed by atoms with Crippen molar-refractivity contribution in [2.24, 2.45) is 7.05 Å². The highest BCUT2D eigenvalue weighted by Crippen LogP contribution is 2.30. The van der Waals surface area contributed by atoms with E-state index < -0.39 is 24.2 Å². The molecule has 1 atom stereocenters. The third-order valence-corrected chi connectivity index (χ3v) is 4.03. The lowest BCUT2D eigenvalue weighted by Crippen LogP contribution is -2.24. The molecule has 0 aliphatic heterocycles. The normalized spacial score (nSPS) is 11.6. The first-order valence-corrected chi connectivity index (χ1v) is 8.84. The van der Waals surface area contributed by atoms with Crippen molar-refractivity contribution >= 4 is 17.5 Å². The van der Waals surface area contributed by atoms with E-state index in [1.807, 2.05) is 6.07 Å². The molecule has 1 aromatic carbocycles. The summed E-state index contributed by atoms with van der Waals surface area (Å²) in [5, 5.41) is 40.3. The third-order valence-electron chi connectivity index (χ3n) is 4.03. The van der Waals surface area contributed by atoms with Crippen molar-refractivity contribution in [3.05, 3.63) is 40.2 Å². The molecule has 13 nitrogen and oxygen atoms in total. The predicted molar refractivity (Wildman–Crippen MR) is 105 cm³/mol. The Bertz CT molecular complexity index is 1190. The highest BCUT2D eigenvalue weighted by Gasteiger charge is 2.19. The largest absolute Gasteiger partial charge is 0.488 e. The van der Waals surface area contributed by atoms with Gasteiger partial charge in [-0.05, 0) is 16.5 Å². The second kappa shape index (κ2) is 9.15. The lowest BCUT2D eigenvalue weighted by atomic mass is 10.2. The van der Waals surface area contributed by atoms with Gasteiger partial charge in [0.25, 0.3) is 0 Å². The number of benzene rings is 1. The Hall–Kier alpha value is -4.09. The van der Waals surface area contributed by atoms with E-state index in [-0.39, 0.29) is 41.1 Å². The van der Waals surface area contributed by atoms with Crippen LogP contribution >= 0.6 is 0 Å². The van der Waals surface area contributed by atoms with E-state index in [4.69, 9.17) is 15.1 Å². The number of halogens is 1. The minimum atomic E-state index is -1.21. The van der Waals surface area contributed by atoms with E-state index >= 15 is 0 Å². The van der Waals surface area contributed by atoms with Gasteiger partial charge in [0.05, 0.1) is 18.5 Å². The van der Waals surface area contributed by atoms with Crippen LogP contribution in [-0.2, 0) is 7.05 Å². The number of aliphatic hydroxyl groups is 2. The molecule has 1 unspecified atom stereocenters. The molecule has 4 N–H and O–H groups in total. The molecule has 0 aliphatic rings. The summed E-state index contributed by atoms with van der Waals surface area (Å²) >= 11 is 0. The summed E-state index contributed by atoms with van der Waals surface area (Å²) in [6.07, 6.45) is 0.0558. The molecular weight excluding hydrogens is 413 g/mol. The second-order valence-electron chi connectivity index (χ2n) is 6.19. The topological polar surface area (TPSA) is 176 Å². The van der Waals surface area contributed by atoms with Crippen molar-refractivity contribution in [1.29, 1.82) is 5.26 Å². The Morgan fingerprint density at radius 2 is 2.16 bits per heavy atom. The van der Waals surface area contributed by atoms with E-state index in [1.54, 1.807) is 7.05 Å². The summed E-state index contributed by atoms with van der Waals surface area (Å²) in [6.45, 7) is -0.915. The Kier molecular flexibility index (Phi) is 6.38. The van der Waals surface area contributed by atoms with Crippen molar-refractivity contribution in [3.8, 4) is 17.5 Å². The van der Waals surface area contributed by atoms with Crippen LogP contribution < -0.4 is 21.1 Å². The van der Waals surface area contributed by atoms with Gasteiger partial charge in [0.2, 0.25) is 5.95 Å². The summed E-state index contributed by atoms with van der Waals surface area (Å²) in [4.78, 5) is 20.4. The second-order valence-corrected chi connectivity index (χ2v) is 6.19. The molecule has 0 spiro atoms. The van der Waals surface area contributed by atoms with Crippen LogP contribution in [0.3, 0.4) is 0 Å².